The molecule has 0 amide bonds. The molecule has 0 atom stereocenters. The van der Waals surface area contributed by atoms with Gasteiger partial charge in [-0.05, 0) is 53.1 Å². The fraction of sp³-hybridized carbons (Fsp3) is 0.0345. The van der Waals surface area contributed by atoms with Gasteiger partial charge in [0.25, 0.3) is 0 Å². The Labute approximate surface area is 202 Å². The Morgan fingerprint density at radius 2 is 1.41 bits per heavy atom. The lowest BCUT2D eigenvalue weighted by Crippen LogP contribution is -2.05. The number of cyclic esters (lactones) is 1. The van der Waals surface area contributed by atoms with E-state index in [0.717, 1.165) is 27.8 Å². The lowest BCUT2D eigenvalue weighted by atomic mass is 10.0. The highest BCUT2D eigenvalue weighted by molar-refractivity contribution is 6.31. The lowest BCUT2D eigenvalue weighted by Gasteiger charge is -2.07. The zero-order chi connectivity index (χ0) is 23.3. The van der Waals surface area contributed by atoms with Gasteiger partial charge >= 0.3 is 5.97 Å². The number of benzene rings is 4. The van der Waals surface area contributed by atoms with Gasteiger partial charge in [0.15, 0.2) is 5.70 Å². The van der Waals surface area contributed by atoms with Crippen molar-refractivity contribution in [3.8, 4) is 16.9 Å². The summed E-state index contributed by atoms with van der Waals surface area (Å²) in [6, 6.07) is 32.9. The van der Waals surface area contributed by atoms with Crippen LogP contribution in [-0.4, -0.2) is 11.9 Å². The third kappa shape index (κ3) is 4.92. The first-order chi connectivity index (χ1) is 16.7. The number of hydrogen-bond acceptors (Lipinski definition) is 4. The van der Waals surface area contributed by atoms with E-state index in [4.69, 9.17) is 21.1 Å². The van der Waals surface area contributed by atoms with Crippen LogP contribution < -0.4 is 4.74 Å². The van der Waals surface area contributed by atoms with Crippen molar-refractivity contribution in [3.05, 3.63) is 131 Å². The van der Waals surface area contributed by atoms with Crippen LogP contribution in [0.1, 0.15) is 16.7 Å². The van der Waals surface area contributed by atoms with Crippen LogP contribution >= 0.6 is 11.6 Å². The molecule has 1 heterocycles. The second kappa shape index (κ2) is 9.77. The molecule has 1 aliphatic heterocycles. The summed E-state index contributed by atoms with van der Waals surface area (Å²) in [5.41, 5.74) is 4.96. The summed E-state index contributed by atoms with van der Waals surface area (Å²) in [6.07, 6.45) is 1.70. The smallest absolute Gasteiger partial charge is 0.363 e. The van der Waals surface area contributed by atoms with Crippen LogP contribution in [0, 0.1) is 0 Å². The van der Waals surface area contributed by atoms with E-state index >= 15 is 0 Å². The second-order valence-corrected chi connectivity index (χ2v) is 8.14. The highest BCUT2D eigenvalue weighted by Gasteiger charge is 2.24. The van der Waals surface area contributed by atoms with Crippen LogP contribution in [0.4, 0.5) is 0 Å². The molecule has 34 heavy (non-hydrogen) atoms. The van der Waals surface area contributed by atoms with E-state index < -0.39 is 5.97 Å². The minimum atomic E-state index is -0.471. The van der Waals surface area contributed by atoms with Crippen molar-refractivity contribution in [2.24, 2.45) is 4.99 Å². The number of carbonyl (C=O) groups excluding carboxylic acids is 1. The van der Waals surface area contributed by atoms with Gasteiger partial charge in [0.1, 0.15) is 12.4 Å². The first-order valence-corrected chi connectivity index (χ1v) is 11.2. The molecule has 0 N–H and O–H groups in total. The highest BCUT2D eigenvalue weighted by atomic mass is 35.5. The minimum Gasteiger partial charge on any atom is -0.489 e. The molecular formula is C29H20ClNO3. The van der Waals surface area contributed by atoms with E-state index in [-0.39, 0.29) is 5.70 Å². The van der Waals surface area contributed by atoms with E-state index in [1.165, 1.54) is 0 Å². The quantitative estimate of drug-likeness (QED) is 0.229. The molecule has 0 bridgehead atoms. The van der Waals surface area contributed by atoms with Gasteiger partial charge in [-0.1, -0.05) is 84.4 Å². The molecule has 0 unspecified atom stereocenters. The second-order valence-electron chi connectivity index (χ2n) is 7.73. The first-order valence-electron chi connectivity index (χ1n) is 10.8. The van der Waals surface area contributed by atoms with Crippen LogP contribution in [0.5, 0.6) is 5.75 Å². The summed E-state index contributed by atoms with van der Waals surface area (Å²) >= 11 is 6.17. The third-order valence-corrected chi connectivity index (χ3v) is 5.76. The molecule has 4 aromatic rings. The normalized spacial score (nSPS) is 14.1. The molecule has 0 aromatic heterocycles. The molecule has 0 aliphatic carbocycles. The Kier molecular flexibility index (Phi) is 6.23. The van der Waals surface area contributed by atoms with Crippen LogP contribution in [0.15, 0.2) is 114 Å². The SMILES string of the molecule is O=C1OC(c2ccc(-c3ccccc3)cc2)=N/C1=C\c1ccc(OCc2ccccc2Cl)cc1. The number of esters is 1. The van der Waals surface area contributed by atoms with E-state index in [2.05, 4.69) is 17.1 Å². The third-order valence-electron chi connectivity index (χ3n) is 5.40. The summed E-state index contributed by atoms with van der Waals surface area (Å²) in [7, 11) is 0. The van der Waals surface area contributed by atoms with Crippen LogP contribution in [0.25, 0.3) is 17.2 Å². The summed E-state index contributed by atoms with van der Waals surface area (Å²) < 4.78 is 11.2. The van der Waals surface area contributed by atoms with Gasteiger partial charge in [0, 0.05) is 16.1 Å². The monoisotopic (exact) mass is 465 g/mol. The molecule has 5 heteroatoms. The topological polar surface area (TPSA) is 47.9 Å². The van der Waals surface area contributed by atoms with Gasteiger partial charge in [0.2, 0.25) is 5.90 Å². The van der Waals surface area contributed by atoms with Gasteiger partial charge in [0.05, 0.1) is 0 Å². The van der Waals surface area contributed by atoms with Crippen molar-refractivity contribution >= 4 is 29.5 Å². The van der Waals surface area contributed by atoms with Crippen molar-refractivity contribution < 1.29 is 14.3 Å². The average Bonchev–Trinajstić information content (AvgIpc) is 3.25. The molecule has 0 fully saturated rings. The molecule has 5 rings (SSSR count). The Morgan fingerprint density at radius 3 is 2.15 bits per heavy atom. The summed E-state index contributed by atoms with van der Waals surface area (Å²) in [5, 5.41) is 0.673. The molecule has 0 radical (unpaired) electrons. The molecular weight excluding hydrogens is 446 g/mol. The van der Waals surface area contributed by atoms with Crippen molar-refractivity contribution in [1.29, 1.82) is 0 Å². The van der Waals surface area contributed by atoms with E-state index in [0.29, 0.717) is 23.3 Å². The molecule has 1 aliphatic rings. The molecule has 0 saturated carbocycles. The minimum absolute atomic E-state index is 0.256. The Balaban J connectivity index is 1.28. The number of halogens is 1. The lowest BCUT2D eigenvalue weighted by molar-refractivity contribution is -0.129. The summed E-state index contributed by atoms with van der Waals surface area (Å²) in [6.45, 7) is 0.378. The number of rotatable bonds is 6. The molecule has 0 saturated heterocycles. The van der Waals surface area contributed by atoms with Crippen LogP contribution in [-0.2, 0) is 16.1 Å². The standard InChI is InChI=1S/C29H20ClNO3/c30-26-9-5-4-8-24(26)19-33-25-16-10-20(11-17-25)18-27-29(32)34-28(31-27)23-14-12-22(13-15-23)21-6-2-1-3-7-21/h1-18H,19H2/b27-18-. The van der Waals surface area contributed by atoms with Crippen LogP contribution in [0.3, 0.4) is 0 Å². The maximum atomic E-state index is 12.4. The van der Waals surface area contributed by atoms with Crippen LogP contribution in [0.2, 0.25) is 5.02 Å². The summed E-state index contributed by atoms with van der Waals surface area (Å²) in [4.78, 5) is 16.8. The largest absolute Gasteiger partial charge is 0.489 e. The maximum Gasteiger partial charge on any atom is 0.363 e. The maximum absolute atomic E-state index is 12.4. The molecule has 4 nitrogen and oxygen atoms in total. The Hall–Kier alpha value is -4.15. The number of ether oxygens (including phenoxy) is 2. The molecule has 166 valence electrons. The average molecular weight is 466 g/mol. The van der Waals surface area contributed by atoms with E-state index in [1.807, 2.05) is 91.0 Å². The van der Waals surface area contributed by atoms with Crippen molar-refractivity contribution in [1.82, 2.24) is 0 Å². The predicted octanol–water partition coefficient (Wildman–Crippen LogP) is 6.93. The number of hydrogen-bond donors (Lipinski definition) is 0. The van der Waals surface area contributed by atoms with Gasteiger partial charge < -0.3 is 9.47 Å². The number of aliphatic imine (C=N–C) groups is 1. The van der Waals surface area contributed by atoms with E-state index in [9.17, 15) is 4.79 Å². The van der Waals surface area contributed by atoms with Crippen molar-refractivity contribution in [2.75, 3.05) is 0 Å². The number of nitrogens with zero attached hydrogens (tertiary/aromatic N) is 1. The highest BCUT2D eigenvalue weighted by Crippen LogP contribution is 2.24. The van der Waals surface area contributed by atoms with Gasteiger partial charge in [-0.15, -0.1) is 0 Å². The molecule has 0 spiro atoms. The Bertz CT molecular complexity index is 1380. The summed E-state index contributed by atoms with van der Waals surface area (Å²) in [5.74, 6) is 0.538. The zero-order valence-electron chi connectivity index (χ0n) is 18.1. The van der Waals surface area contributed by atoms with Crippen molar-refractivity contribution in [3.63, 3.8) is 0 Å². The number of carbonyl (C=O) groups is 1. The molecule has 4 aromatic carbocycles. The predicted molar refractivity (Wildman–Crippen MR) is 135 cm³/mol. The zero-order valence-corrected chi connectivity index (χ0v) is 18.9. The fourth-order valence-corrected chi connectivity index (χ4v) is 3.75. The fourth-order valence-electron chi connectivity index (χ4n) is 3.56. The van der Waals surface area contributed by atoms with Gasteiger partial charge in [-0.25, -0.2) is 9.79 Å². The van der Waals surface area contributed by atoms with Crippen molar-refractivity contribution in [2.45, 2.75) is 6.61 Å². The van der Waals surface area contributed by atoms with Gasteiger partial charge in [-0.3, -0.25) is 0 Å². The van der Waals surface area contributed by atoms with Gasteiger partial charge in [-0.2, -0.15) is 0 Å². The first kappa shape index (κ1) is 21.7. The van der Waals surface area contributed by atoms with E-state index in [1.54, 1.807) is 6.08 Å². The Morgan fingerprint density at radius 1 is 0.765 bits per heavy atom.